The largest absolute Gasteiger partial charge is 0.490 e. The van der Waals surface area contributed by atoms with Crippen LogP contribution in [0.1, 0.15) is 36.1 Å². The number of nitrogens with one attached hydrogen (secondary N) is 1. The van der Waals surface area contributed by atoms with E-state index in [1.165, 1.54) is 11.1 Å². The van der Waals surface area contributed by atoms with Gasteiger partial charge in [-0.15, -0.1) is 0 Å². The van der Waals surface area contributed by atoms with Gasteiger partial charge in [-0.05, 0) is 68.5 Å². The van der Waals surface area contributed by atoms with Crippen LogP contribution in [0.4, 0.5) is 5.69 Å². The van der Waals surface area contributed by atoms with Gasteiger partial charge in [0.05, 0.1) is 19.8 Å². The van der Waals surface area contributed by atoms with Crippen molar-refractivity contribution in [3.63, 3.8) is 0 Å². The molecule has 0 atom stereocenters. The summed E-state index contributed by atoms with van der Waals surface area (Å²) in [5, 5.41) is 3.08. The number of carbonyl (C=O) groups excluding carboxylic acids is 1. The molecular formula is C23H30N2O3. The van der Waals surface area contributed by atoms with E-state index in [9.17, 15) is 4.79 Å². The molecule has 1 heterocycles. The highest BCUT2D eigenvalue weighted by molar-refractivity contribution is 5.93. The number of amides is 1. The van der Waals surface area contributed by atoms with E-state index in [4.69, 9.17) is 9.47 Å². The van der Waals surface area contributed by atoms with Crippen LogP contribution in [0.3, 0.4) is 0 Å². The molecular weight excluding hydrogens is 352 g/mol. The summed E-state index contributed by atoms with van der Waals surface area (Å²) in [6, 6.07) is 10.2. The van der Waals surface area contributed by atoms with Crippen molar-refractivity contribution in [2.24, 2.45) is 0 Å². The number of para-hydroxylation sites is 1. The van der Waals surface area contributed by atoms with Crippen molar-refractivity contribution in [3.8, 4) is 11.5 Å². The monoisotopic (exact) mass is 382 g/mol. The van der Waals surface area contributed by atoms with Crippen LogP contribution in [-0.4, -0.2) is 37.1 Å². The van der Waals surface area contributed by atoms with Crippen molar-refractivity contribution >= 4 is 11.6 Å². The number of hydrogen-bond acceptors (Lipinski definition) is 4. The summed E-state index contributed by atoms with van der Waals surface area (Å²) in [5.74, 6) is 1.62. The molecule has 5 nitrogen and oxygen atoms in total. The average molecular weight is 383 g/mol. The van der Waals surface area contributed by atoms with Crippen molar-refractivity contribution in [1.82, 2.24) is 4.90 Å². The Balaban J connectivity index is 1.69. The summed E-state index contributed by atoms with van der Waals surface area (Å²) in [4.78, 5) is 14.8. The maximum absolute atomic E-state index is 12.6. The maximum atomic E-state index is 12.6. The molecule has 0 radical (unpaired) electrons. The number of hydrogen-bond donors (Lipinski definition) is 1. The Labute approximate surface area is 167 Å². The minimum absolute atomic E-state index is 0.0248. The number of carbonyl (C=O) groups is 1. The van der Waals surface area contributed by atoms with Gasteiger partial charge in [0, 0.05) is 18.8 Å². The number of rotatable bonds is 7. The number of ether oxygens (including phenoxy) is 2. The molecule has 0 aliphatic carbocycles. The van der Waals surface area contributed by atoms with Gasteiger partial charge in [-0.25, -0.2) is 0 Å². The second-order valence-corrected chi connectivity index (χ2v) is 7.21. The number of fused-ring (bicyclic) bond motifs is 1. The molecule has 0 aromatic heterocycles. The molecule has 28 heavy (non-hydrogen) atoms. The molecule has 0 fully saturated rings. The first-order chi connectivity index (χ1) is 13.5. The zero-order valence-corrected chi connectivity index (χ0v) is 17.3. The Morgan fingerprint density at radius 2 is 1.64 bits per heavy atom. The maximum Gasteiger partial charge on any atom is 0.238 e. The first-order valence-corrected chi connectivity index (χ1v) is 10.0. The lowest BCUT2D eigenvalue weighted by Gasteiger charge is -2.29. The molecule has 0 spiro atoms. The van der Waals surface area contributed by atoms with Gasteiger partial charge >= 0.3 is 0 Å². The SMILES string of the molecule is CCOc1cc2c(cc1OCC)CN(CC(=O)Nc1c(C)cccc1C)CC2. The fourth-order valence-electron chi connectivity index (χ4n) is 3.69. The molecule has 2 aromatic carbocycles. The first kappa shape index (κ1) is 20.2. The first-order valence-electron chi connectivity index (χ1n) is 10.0. The molecule has 150 valence electrons. The fraction of sp³-hybridized carbons (Fsp3) is 0.435. The van der Waals surface area contributed by atoms with E-state index in [2.05, 4.69) is 22.3 Å². The van der Waals surface area contributed by atoms with Gasteiger partial charge in [0.2, 0.25) is 5.91 Å². The van der Waals surface area contributed by atoms with Crippen LogP contribution >= 0.6 is 0 Å². The molecule has 5 heteroatoms. The van der Waals surface area contributed by atoms with Crippen LogP contribution < -0.4 is 14.8 Å². The number of nitrogens with zero attached hydrogens (tertiary/aromatic N) is 1. The van der Waals surface area contributed by atoms with Crippen molar-refractivity contribution in [1.29, 1.82) is 0 Å². The van der Waals surface area contributed by atoms with E-state index < -0.39 is 0 Å². The van der Waals surface area contributed by atoms with Crippen LogP contribution in [0.15, 0.2) is 30.3 Å². The zero-order chi connectivity index (χ0) is 20.1. The molecule has 0 saturated carbocycles. The lowest BCUT2D eigenvalue weighted by molar-refractivity contribution is -0.117. The lowest BCUT2D eigenvalue weighted by atomic mass is 9.98. The van der Waals surface area contributed by atoms with Crippen LogP contribution in [-0.2, 0) is 17.8 Å². The van der Waals surface area contributed by atoms with Gasteiger partial charge in [0.15, 0.2) is 11.5 Å². The van der Waals surface area contributed by atoms with Crippen molar-refractivity contribution < 1.29 is 14.3 Å². The quantitative estimate of drug-likeness (QED) is 0.783. The summed E-state index contributed by atoms with van der Waals surface area (Å²) in [6.07, 6.45) is 0.901. The summed E-state index contributed by atoms with van der Waals surface area (Å²) in [5.41, 5.74) is 5.57. The van der Waals surface area contributed by atoms with Gasteiger partial charge in [0.25, 0.3) is 0 Å². The summed E-state index contributed by atoms with van der Waals surface area (Å²) in [7, 11) is 0. The van der Waals surface area contributed by atoms with E-state index in [0.717, 1.165) is 47.8 Å². The molecule has 1 aliphatic heterocycles. The summed E-state index contributed by atoms with van der Waals surface area (Å²) in [6.45, 7) is 11.2. The van der Waals surface area contributed by atoms with Crippen LogP contribution in [0.25, 0.3) is 0 Å². The fourth-order valence-corrected chi connectivity index (χ4v) is 3.69. The number of benzene rings is 2. The van der Waals surface area contributed by atoms with Gasteiger partial charge in [-0.1, -0.05) is 18.2 Å². The van der Waals surface area contributed by atoms with Crippen molar-refractivity contribution in [3.05, 3.63) is 52.6 Å². The topological polar surface area (TPSA) is 50.8 Å². The number of aryl methyl sites for hydroxylation is 2. The zero-order valence-electron chi connectivity index (χ0n) is 17.3. The molecule has 0 saturated heterocycles. The Bertz CT molecular complexity index is 828. The Hall–Kier alpha value is -2.53. The molecule has 3 rings (SSSR count). The third-order valence-corrected chi connectivity index (χ3v) is 5.07. The van der Waals surface area contributed by atoms with E-state index in [0.29, 0.717) is 19.8 Å². The second kappa shape index (κ2) is 9.11. The van der Waals surface area contributed by atoms with Crippen LogP contribution in [0.2, 0.25) is 0 Å². The van der Waals surface area contributed by atoms with Gasteiger partial charge in [-0.2, -0.15) is 0 Å². The van der Waals surface area contributed by atoms with Crippen molar-refractivity contribution in [2.45, 2.75) is 40.7 Å². The molecule has 2 aromatic rings. The normalized spacial score (nSPS) is 13.7. The number of anilines is 1. The Morgan fingerprint density at radius 1 is 1.04 bits per heavy atom. The molecule has 1 amide bonds. The van der Waals surface area contributed by atoms with Gasteiger partial charge < -0.3 is 14.8 Å². The smallest absolute Gasteiger partial charge is 0.238 e. The minimum atomic E-state index is 0.0248. The Kier molecular flexibility index (Phi) is 6.57. The Morgan fingerprint density at radius 3 is 2.25 bits per heavy atom. The molecule has 1 aliphatic rings. The van der Waals surface area contributed by atoms with Crippen LogP contribution in [0, 0.1) is 13.8 Å². The third-order valence-electron chi connectivity index (χ3n) is 5.07. The van der Waals surface area contributed by atoms with Gasteiger partial charge in [0.1, 0.15) is 0 Å². The highest BCUT2D eigenvalue weighted by Gasteiger charge is 2.21. The second-order valence-electron chi connectivity index (χ2n) is 7.21. The minimum Gasteiger partial charge on any atom is -0.490 e. The molecule has 0 unspecified atom stereocenters. The van der Waals surface area contributed by atoms with Crippen LogP contribution in [0.5, 0.6) is 11.5 Å². The lowest BCUT2D eigenvalue weighted by Crippen LogP contribution is -2.37. The van der Waals surface area contributed by atoms with E-state index in [1.54, 1.807) is 0 Å². The van der Waals surface area contributed by atoms with E-state index in [-0.39, 0.29) is 5.91 Å². The predicted octanol–water partition coefficient (Wildman–Crippen LogP) is 4.10. The van der Waals surface area contributed by atoms with Crippen molar-refractivity contribution in [2.75, 3.05) is 31.6 Å². The highest BCUT2D eigenvalue weighted by atomic mass is 16.5. The molecule has 0 bridgehead atoms. The predicted molar refractivity (Wildman–Crippen MR) is 112 cm³/mol. The van der Waals surface area contributed by atoms with E-state index in [1.807, 2.05) is 45.9 Å². The van der Waals surface area contributed by atoms with Gasteiger partial charge in [-0.3, -0.25) is 9.69 Å². The summed E-state index contributed by atoms with van der Waals surface area (Å²) >= 11 is 0. The standard InChI is InChI=1S/C23H30N2O3/c1-5-27-20-12-18-10-11-25(14-19(18)13-21(20)28-6-2)15-22(26)24-23-16(3)8-7-9-17(23)4/h7-9,12-13H,5-6,10-11,14-15H2,1-4H3,(H,24,26). The average Bonchev–Trinajstić information content (AvgIpc) is 2.66. The molecule has 1 N–H and O–H groups in total. The highest BCUT2D eigenvalue weighted by Crippen LogP contribution is 2.34. The summed E-state index contributed by atoms with van der Waals surface area (Å²) < 4.78 is 11.5. The van der Waals surface area contributed by atoms with E-state index >= 15 is 0 Å². The third kappa shape index (κ3) is 4.65.